The molecule has 5 heteroatoms. The zero-order chi connectivity index (χ0) is 9.94. The maximum absolute atomic E-state index is 12.7. The van der Waals surface area contributed by atoms with Crippen molar-refractivity contribution in [2.24, 2.45) is 0 Å². The van der Waals surface area contributed by atoms with Crippen molar-refractivity contribution in [2.75, 3.05) is 0 Å². The molecule has 0 bridgehead atoms. The highest BCUT2D eigenvalue weighted by atomic mass is 19.3. The SMILES string of the molecule is C/C(=C\C(C)(F)C(F)F)C(=O)O. The van der Waals surface area contributed by atoms with Gasteiger partial charge in [0.15, 0.2) is 5.67 Å². The first-order chi connectivity index (χ1) is 5.27. The average Bonchev–Trinajstić information content (AvgIpc) is 1.85. The van der Waals surface area contributed by atoms with Gasteiger partial charge in [-0.15, -0.1) is 0 Å². The third kappa shape index (κ3) is 2.94. The van der Waals surface area contributed by atoms with E-state index in [0.29, 0.717) is 13.0 Å². The number of halogens is 3. The number of carbonyl (C=O) groups is 1. The Balaban J connectivity index is 4.61. The molecule has 0 heterocycles. The number of alkyl halides is 3. The van der Waals surface area contributed by atoms with Crippen LogP contribution in [0.1, 0.15) is 13.8 Å². The van der Waals surface area contributed by atoms with Crippen molar-refractivity contribution in [3.63, 3.8) is 0 Å². The molecule has 0 aromatic rings. The Kier molecular flexibility index (Phi) is 3.30. The molecule has 0 aromatic carbocycles. The molecular formula is C7H9F3O2. The number of carboxylic acid groups (broad SMARTS) is 1. The van der Waals surface area contributed by atoms with Gasteiger partial charge in [0.2, 0.25) is 0 Å². The van der Waals surface area contributed by atoms with Gasteiger partial charge in [-0.25, -0.2) is 18.0 Å². The first-order valence-corrected chi connectivity index (χ1v) is 3.17. The fourth-order valence-corrected chi connectivity index (χ4v) is 0.548. The van der Waals surface area contributed by atoms with Crippen LogP contribution in [0.25, 0.3) is 0 Å². The number of aliphatic carboxylic acids is 1. The number of carboxylic acids is 1. The van der Waals surface area contributed by atoms with Crippen molar-refractivity contribution in [2.45, 2.75) is 25.9 Å². The standard InChI is InChI=1S/C7H9F3O2/c1-4(5(11)12)3-7(2,10)6(8)9/h3,6H,1-2H3,(H,11,12)/b4-3+. The first kappa shape index (κ1) is 11.0. The third-order valence-electron chi connectivity index (χ3n) is 1.26. The maximum Gasteiger partial charge on any atom is 0.331 e. The van der Waals surface area contributed by atoms with Gasteiger partial charge in [-0.3, -0.25) is 0 Å². The van der Waals surface area contributed by atoms with Crippen LogP contribution in [-0.2, 0) is 4.79 Å². The summed E-state index contributed by atoms with van der Waals surface area (Å²) >= 11 is 0. The Bertz CT molecular complexity index is 209. The molecule has 0 saturated heterocycles. The van der Waals surface area contributed by atoms with Crippen LogP contribution >= 0.6 is 0 Å². The van der Waals surface area contributed by atoms with Gasteiger partial charge in [0.1, 0.15) is 0 Å². The lowest BCUT2D eigenvalue weighted by Gasteiger charge is -2.14. The van der Waals surface area contributed by atoms with Gasteiger partial charge < -0.3 is 5.11 Å². The van der Waals surface area contributed by atoms with E-state index in [2.05, 4.69) is 0 Å². The van der Waals surface area contributed by atoms with Crippen molar-refractivity contribution in [1.29, 1.82) is 0 Å². The monoisotopic (exact) mass is 182 g/mol. The molecular weight excluding hydrogens is 173 g/mol. The molecule has 70 valence electrons. The van der Waals surface area contributed by atoms with E-state index in [4.69, 9.17) is 5.11 Å². The summed E-state index contributed by atoms with van der Waals surface area (Å²) in [5.41, 5.74) is -3.30. The first-order valence-electron chi connectivity index (χ1n) is 3.17. The molecule has 0 aliphatic carbocycles. The van der Waals surface area contributed by atoms with Gasteiger partial charge in [-0.2, -0.15) is 0 Å². The molecule has 0 aliphatic heterocycles. The molecule has 0 spiro atoms. The summed E-state index contributed by atoms with van der Waals surface area (Å²) in [6.45, 7) is 1.69. The second-order valence-electron chi connectivity index (χ2n) is 2.58. The Morgan fingerprint density at radius 1 is 1.58 bits per heavy atom. The Labute approximate surface area is 67.7 Å². The predicted molar refractivity (Wildman–Crippen MR) is 36.9 cm³/mol. The van der Waals surface area contributed by atoms with Gasteiger partial charge in [-0.05, 0) is 19.9 Å². The average molecular weight is 182 g/mol. The molecule has 0 saturated carbocycles. The highest BCUT2D eigenvalue weighted by Gasteiger charge is 2.33. The van der Waals surface area contributed by atoms with Crippen LogP contribution in [-0.4, -0.2) is 23.2 Å². The van der Waals surface area contributed by atoms with Crippen LogP contribution in [0.2, 0.25) is 0 Å². The predicted octanol–water partition coefficient (Wildman–Crippen LogP) is 2.01. The molecule has 1 N–H and O–H groups in total. The van der Waals surface area contributed by atoms with Gasteiger partial charge in [0.25, 0.3) is 6.43 Å². The van der Waals surface area contributed by atoms with Crippen LogP contribution in [0.15, 0.2) is 11.6 Å². The lowest BCUT2D eigenvalue weighted by atomic mass is 10.1. The van der Waals surface area contributed by atoms with E-state index < -0.39 is 23.6 Å². The Morgan fingerprint density at radius 2 is 2.00 bits per heavy atom. The second kappa shape index (κ2) is 3.60. The van der Waals surface area contributed by atoms with E-state index in [9.17, 15) is 18.0 Å². The minimum Gasteiger partial charge on any atom is -0.478 e. The molecule has 0 aliphatic rings. The van der Waals surface area contributed by atoms with Crippen LogP contribution in [0, 0.1) is 0 Å². The lowest BCUT2D eigenvalue weighted by molar-refractivity contribution is -0.132. The fourth-order valence-electron chi connectivity index (χ4n) is 0.548. The van der Waals surface area contributed by atoms with Gasteiger partial charge in [0.05, 0.1) is 0 Å². The maximum atomic E-state index is 12.7. The van der Waals surface area contributed by atoms with Gasteiger partial charge in [0, 0.05) is 5.57 Å². The van der Waals surface area contributed by atoms with E-state index in [-0.39, 0.29) is 0 Å². The van der Waals surface area contributed by atoms with Crippen molar-refractivity contribution in [1.82, 2.24) is 0 Å². The van der Waals surface area contributed by atoms with Crippen molar-refractivity contribution < 1.29 is 23.1 Å². The summed E-state index contributed by atoms with van der Waals surface area (Å²) < 4.78 is 36.4. The van der Waals surface area contributed by atoms with Gasteiger partial charge >= 0.3 is 5.97 Å². The molecule has 0 aromatic heterocycles. The van der Waals surface area contributed by atoms with Crippen molar-refractivity contribution in [3.8, 4) is 0 Å². The summed E-state index contributed by atoms with van der Waals surface area (Å²) in [7, 11) is 0. The van der Waals surface area contributed by atoms with E-state index >= 15 is 0 Å². The normalized spacial score (nSPS) is 17.7. The van der Waals surface area contributed by atoms with E-state index in [0.717, 1.165) is 6.92 Å². The number of hydrogen-bond acceptors (Lipinski definition) is 1. The number of hydrogen-bond donors (Lipinski definition) is 1. The fraction of sp³-hybridized carbons (Fsp3) is 0.571. The summed E-state index contributed by atoms with van der Waals surface area (Å²) in [6, 6.07) is 0. The van der Waals surface area contributed by atoms with E-state index in [1.165, 1.54) is 0 Å². The number of allylic oxidation sites excluding steroid dienone is 1. The van der Waals surface area contributed by atoms with Crippen molar-refractivity contribution >= 4 is 5.97 Å². The van der Waals surface area contributed by atoms with Crippen LogP contribution in [0.5, 0.6) is 0 Å². The largest absolute Gasteiger partial charge is 0.478 e. The van der Waals surface area contributed by atoms with Crippen LogP contribution in [0.4, 0.5) is 13.2 Å². The molecule has 0 radical (unpaired) electrons. The molecule has 1 unspecified atom stereocenters. The lowest BCUT2D eigenvalue weighted by Crippen LogP contribution is -2.26. The molecule has 12 heavy (non-hydrogen) atoms. The smallest absolute Gasteiger partial charge is 0.331 e. The molecule has 0 amide bonds. The zero-order valence-corrected chi connectivity index (χ0v) is 6.64. The quantitative estimate of drug-likeness (QED) is 0.678. The van der Waals surface area contributed by atoms with Crippen molar-refractivity contribution in [3.05, 3.63) is 11.6 Å². The minimum atomic E-state index is -3.22. The minimum absolute atomic E-state index is 0.403. The number of rotatable bonds is 3. The third-order valence-corrected chi connectivity index (χ3v) is 1.26. The Hall–Kier alpha value is -1.00. The summed E-state index contributed by atoms with van der Waals surface area (Å²) in [5, 5.41) is 8.25. The highest BCUT2D eigenvalue weighted by molar-refractivity contribution is 5.86. The summed E-state index contributed by atoms with van der Waals surface area (Å²) in [6.07, 6.45) is -2.81. The highest BCUT2D eigenvalue weighted by Crippen LogP contribution is 2.23. The molecule has 0 fully saturated rings. The molecule has 2 nitrogen and oxygen atoms in total. The second-order valence-corrected chi connectivity index (χ2v) is 2.58. The summed E-state index contributed by atoms with van der Waals surface area (Å²) in [5.74, 6) is -1.40. The Morgan fingerprint density at radius 3 is 2.25 bits per heavy atom. The van der Waals surface area contributed by atoms with Crippen LogP contribution in [0.3, 0.4) is 0 Å². The van der Waals surface area contributed by atoms with E-state index in [1.54, 1.807) is 0 Å². The van der Waals surface area contributed by atoms with Crippen LogP contribution < -0.4 is 0 Å². The topological polar surface area (TPSA) is 37.3 Å². The molecule has 1 atom stereocenters. The zero-order valence-electron chi connectivity index (χ0n) is 6.64. The van der Waals surface area contributed by atoms with Gasteiger partial charge in [-0.1, -0.05) is 0 Å². The van der Waals surface area contributed by atoms with E-state index in [1.807, 2.05) is 0 Å². The summed E-state index contributed by atoms with van der Waals surface area (Å²) in [4.78, 5) is 10.1. The molecule has 0 rings (SSSR count).